The van der Waals surface area contributed by atoms with Gasteiger partial charge in [0.05, 0.1) is 29.3 Å². The van der Waals surface area contributed by atoms with Crippen LogP contribution in [0.3, 0.4) is 0 Å². The third-order valence-corrected chi connectivity index (χ3v) is 6.04. The number of imidazole rings is 1. The molecule has 1 amide bonds. The van der Waals surface area contributed by atoms with Crippen LogP contribution in [-0.2, 0) is 24.8 Å². The average Bonchev–Trinajstić information content (AvgIpc) is 3.12. The standard InChI is InChI=1S/C25H24ClN5O2/c1-31-22-11-17(10-18-14-33-15-18)4-8-21(22)29-25(31)28-12-16-2-5-19(6-3-16)24(32)30-23-9-7-20(26)13-27-23/h2-9,11,13,18H,10,12,14-15H2,1H3,(H,28,29)(H,27,30,32). The maximum Gasteiger partial charge on any atom is 0.256 e. The average molecular weight is 462 g/mol. The number of aryl methyl sites for hydroxylation is 1. The Balaban J connectivity index is 1.22. The zero-order valence-corrected chi connectivity index (χ0v) is 19.0. The summed E-state index contributed by atoms with van der Waals surface area (Å²) in [6.45, 7) is 2.31. The van der Waals surface area contributed by atoms with E-state index in [0.29, 0.717) is 28.9 Å². The lowest BCUT2D eigenvalue weighted by atomic mass is 9.98. The Morgan fingerprint density at radius 3 is 2.61 bits per heavy atom. The molecule has 33 heavy (non-hydrogen) atoms. The Bertz CT molecular complexity index is 1280. The van der Waals surface area contributed by atoms with Gasteiger partial charge < -0.3 is 19.9 Å². The zero-order valence-electron chi connectivity index (χ0n) is 18.2. The van der Waals surface area contributed by atoms with Crippen molar-refractivity contribution >= 4 is 40.3 Å². The second-order valence-corrected chi connectivity index (χ2v) is 8.73. The lowest BCUT2D eigenvalue weighted by molar-refractivity contribution is -0.0312. The lowest BCUT2D eigenvalue weighted by Gasteiger charge is -2.25. The van der Waals surface area contributed by atoms with Gasteiger partial charge >= 0.3 is 0 Å². The number of carbonyl (C=O) groups is 1. The number of ether oxygens (including phenoxy) is 1. The van der Waals surface area contributed by atoms with Crippen molar-refractivity contribution in [3.63, 3.8) is 0 Å². The molecule has 168 valence electrons. The third-order valence-electron chi connectivity index (χ3n) is 5.81. The molecule has 0 saturated carbocycles. The van der Waals surface area contributed by atoms with Crippen LogP contribution in [0.15, 0.2) is 60.8 Å². The van der Waals surface area contributed by atoms with Gasteiger partial charge in [-0.3, -0.25) is 4.79 Å². The molecule has 5 rings (SSSR count). The van der Waals surface area contributed by atoms with Crippen LogP contribution in [0.4, 0.5) is 11.8 Å². The molecular weight excluding hydrogens is 438 g/mol. The normalized spacial score (nSPS) is 13.6. The van der Waals surface area contributed by atoms with Gasteiger partial charge in [-0.05, 0) is 53.9 Å². The fourth-order valence-electron chi connectivity index (χ4n) is 3.85. The van der Waals surface area contributed by atoms with E-state index in [4.69, 9.17) is 21.3 Å². The molecule has 1 fully saturated rings. The van der Waals surface area contributed by atoms with Gasteiger partial charge in [0.1, 0.15) is 5.82 Å². The van der Waals surface area contributed by atoms with Gasteiger partial charge in [-0.15, -0.1) is 0 Å². The first-order valence-electron chi connectivity index (χ1n) is 10.8. The summed E-state index contributed by atoms with van der Waals surface area (Å²) in [5, 5.41) is 6.69. The predicted octanol–water partition coefficient (Wildman–Crippen LogP) is 4.68. The maximum atomic E-state index is 12.4. The van der Waals surface area contributed by atoms with Crippen molar-refractivity contribution in [2.45, 2.75) is 13.0 Å². The van der Waals surface area contributed by atoms with Crippen molar-refractivity contribution in [1.82, 2.24) is 14.5 Å². The Morgan fingerprint density at radius 2 is 1.91 bits per heavy atom. The molecule has 2 aromatic heterocycles. The quantitative estimate of drug-likeness (QED) is 0.418. The molecule has 4 aromatic rings. The van der Waals surface area contributed by atoms with E-state index >= 15 is 0 Å². The minimum Gasteiger partial charge on any atom is -0.381 e. The Labute approximate surface area is 196 Å². The lowest BCUT2D eigenvalue weighted by Crippen LogP contribution is -2.29. The Morgan fingerprint density at radius 1 is 1.12 bits per heavy atom. The topological polar surface area (TPSA) is 81.1 Å². The van der Waals surface area contributed by atoms with Crippen molar-refractivity contribution in [2.75, 3.05) is 23.8 Å². The first-order valence-corrected chi connectivity index (χ1v) is 11.2. The van der Waals surface area contributed by atoms with Crippen LogP contribution in [0, 0.1) is 5.92 Å². The summed E-state index contributed by atoms with van der Waals surface area (Å²) in [6, 6.07) is 17.3. The number of aromatic nitrogens is 3. The van der Waals surface area contributed by atoms with E-state index in [1.54, 1.807) is 24.3 Å². The zero-order chi connectivity index (χ0) is 22.8. The number of nitrogens with one attached hydrogen (secondary N) is 2. The van der Waals surface area contributed by atoms with E-state index in [2.05, 4.69) is 38.4 Å². The number of rotatable bonds is 7. The summed E-state index contributed by atoms with van der Waals surface area (Å²) in [5.74, 6) is 1.68. The van der Waals surface area contributed by atoms with Gasteiger partial charge in [0.2, 0.25) is 5.95 Å². The van der Waals surface area contributed by atoms with Crippen molar-refractivity contribution < 1.29 is 9.53 Å². The molecule has 1 aliphatic heterocycles. The number of nitrogens with zero attached hydrogens (tertiary/aromatic N) is 3. The van der Waals surface area contributed by atoms with Crippen LogP contribution in [0.1, 0.15) is 21.5 Å². The minimum absolute atomic E-state index is 0.219. The van der Waals surface area contributed by atoms with Crippen molar-refractivity contribution in [3.05, 3.63) is 82.5 Å². The molecule has 3 heterocycles. The fraction of sp³-hybridized carbons (Fsp3) is 0.240. The van der Waals surface area contributed by atoms with Crippen molar-refractivity contribution in [1.29, 1.82) is 0 Å². The molecule has 0 atom stereocenters. The first-order chi connectivity index (χ1) is 16.0. The molecule has 0 radical (unpaired) electrons. The van der Waals surface area contributed by atoms with E-state index < -0.39 is 0 Å². The molecule has 1 saturated heterocycles. The summed E-state index contributed by atoms with van der Waals surface area (Å²) in [4.78, 5) is 21.2. The van der Waals surface area contributed by atoms with Crippen LogP contribution in [0.5, 0.6) is 0 Å². The highest BCUT2D eigenvalue weighted by Crippen LogP contribution is 2.23. The highest BCUT2D eigenvalue weighted by Gasteiger charge is 2.19. The highest BCUT2D eigenvalue weighted by atomic mass is 35.5. The summed E-state index contributed by atoms with van der Waals surface area (Å²) >= 11 is 5.83. The molecular formula is C25H24ClN5O2. The summed E-state index contributed by atoms with van der Waals surface area (Å²) in [6.07, 6.45) is 2.54. The van der Waals surface area contributed by atoms with Gasteiger partial charge in [0.15, 0.2) is 0 Å². The second-order valence-electron chi connectivity index (χ2n) is 8.29. The second kappa shape index (κ2) is 9.21. The molecule has 0 bridgehead atoms. The van der Waals surface area contributed by atoms with Gasteiger partial charge in [-0.1, -0.05) is 29.8 Å². The molecule has 2 aromatic carbocycles. The van der Waals surface area contributed by atoms with E-state index in [-0.39, 0.29) is 5.91 Å². The number of anilines is 2. The predicted molar refractivity (Wildman–Crippen MR) is 130 cm³/mol. The summed E-state index contributed by atoms with van der Waals surface area (Å²) < 4.78 is 7.37. The summed E-state index contributed by atoms with van der Waals surface area (Å²) in [5.41, 5.74) is 5.00. The molecule has 2 N–H and O–H groups in total. The maximum absolute atomic E-state index is 12.4. The van der Waals surface area contributed by atoms with E-state index in [1.165, 1.54) is 11.8 Å². The number of carbonyl (C=O) groups excluding carboxylic acids is 1. The number of benzene rings is 2. The molecule has 0 unspecified atom stereocenters. The van der Waals surface area contributed by atoms with Gasteiger partial charge in [0.25, 0.3) is 5.91 Å². The smallest absolute Gasteiger partial charge is 0.256 e. The van der Waals surface area contributed by atoms with Crippen LogP contribution in [0.2, 0.25) is 5.02 Å². The molecule has 0 aliphatic carbocycles. The highest BCUT2D eigenvalue weighted by molar-refractivity contribution is 6.30. The number of pyridine rings is 1. The third kappa shape index (κ3) is 4.84. The summed E-state index contributed by atoms with van der Waals surface area (Å²) in [7, 11) is 2.02. The first kappa shape index (κ1) is 21.4. The fourth-order valence-corrected chi connectivity index (χ4v) is 3.96. The number of fused-ring (bicyclic) bond motifs is 1. The van der Waals surface area contributed by atoms with Crippen LogP contribution in [0.25, 0.3) is 11.0 Å². The van der Waals surface area contributed by atoms with Crippen LogP contribution in [-0.4, -0.2) is 33.7 Å². The molecule has 1 aliphatic rings. The Kier molecular flexibility index (Phi) is 5.98. The number of hydrogen-bond acceptors (Lipinski definition) is 5. The minimum atomic E-state index is -0.219. The van der Waals surface area contributed by atoms with Crippen LogP contribution < -0.4 is 10.6 Å². The van der Waals surface area contributed by atoms with E-state index in [0.717, 1.165) is 42.2 Å². The van der Waals surface area contributed by atoms with Gasteiger partial charge in [-0.25, -0.2) is 9.97 Å². The van der Waals surface area contributed by atoms with Crippen molar-refractivity contribution in [2.24, 2.45) is 13.0 Å². The van der Waals surface area contributed by atoms with E-state index in [9.17, 15) is 4.79 Å². The van der Waals surface area contributed by atoms with Gasteiger partial charge in [0, 0.05) is 31.3 Å². The molecule has 0 spiro atoms. The Hall–Kier alpha value is -3.42. The molecule has 7 nitrogen and oxygen atoms in total. The van der Waals surface area contributed by atoms with Crippen LogP contribution >= 0.6 is 11.6 Å². The van der Waals surface area contributed by atoms with E-state index in [1.807, 2.05) is 19.2 Å². The SMILES string of the molecule is Cn1c(NCc2ccc(C(=O)Nc3ccc(Cl)cn3)cc2)nc2ccc(CC3COC3)cc21. The largest absolute Gasteiger partial charge is 0.381 e. The number of hydrogen-bond donors (Lipinski definition) is 2. The van der Waals surface area contributed by atoms with Gasteiger partial charge in [-0.2, -0.15) is 0 Å². The monoisotopic (exact) mass is 461 g/mol. The number of amides is 1. The van der Waals surface area contributed by atoms with Crippen molar-refractivity contribution in [3.8, 4) is 0 Å². The molecule has 8 heteroatoms. The number of halogens is 1.